The van der Waals surface area contributed by atoms with Gasteiger partial charge >= 0.3 is 0 Å². The first-order valence-corrected chi connectivity index (χ1v) is 9.56. The van der Waals surface area contributed by atoms with Crippen molar-refractivity contribution in [2.45, 2.75) is 6.92 Å². The summed E-state index contributed by atoms with van der Waals surface area (Å²) in [5, 5.41) is 2.66. The van der Waals surface area contributed by atoms with Crippen LogP contribution in [0.25, 0.3) is 6.08 Å². The lowest BCUT2D eigenvalue weighted by atomic mass is 10.2. The van der Waals surface area contributed by atoms with Gasteiger partial charge in [0.05, 0.1) is 6.61 Å². The average molecular weight is 347 g/mol. The van der Waals surface area contributed by atoms with E-state index in [9.17, 15) is 13.8 Å². The lowest BCUT2D eigenvalue weighted by molar-refractivity contribution is 0.0967. The second-order valence-corrected chi connectivity index (χ2v) is 7.60. The van der Waals surface area contributed by atoms with E-state index in [2.05, 4.69) is 5.32 Å². The van der Waals surface area contributed by atoms with Crippen LogP contribution in [0, 0.1) is 5.82 Å². The molecule has 1 atom stereocenters. The van der Waals surface area contributed by atoms with Gasteiger partial charge in [0, 0.05) is 12.2 Å². The Labute approximate surface area is 140 Å². The van der Waals surface area contributed by atoms with Gasteiger partial charge in [0.25, 0.3) is 5.91 Å². The van der Waals surface area contributed by atoms with Gasteiger partial charge in [-0.05, 0) is 42.8 Å². The molecule has 0 saturated carbocycles. The van der Waals surface area contributed by atoms with Crippen LogP contribution in [0.4, 0.5) is 4.39 Å². The van der Waals surface area contributed by atoms with E-state index >= 15 is 0 Å². The Kier molecular flexibility index (Phi) is 6.07. The zero-order valence-corrected chi connectivity index (χ0v) is 14.4. The van der Waals surface area contributed by atoms with Crippen molar-refractivity contribution < 1.29 is 18.3 Å². The highest BCUT2D eigenvalue weighted by Crippen LogP contribution is 2.50. The molecule has 0 aliphatic carbocycles. The van der Waals surface area contributed by atoms with Crippen molar-refractivity contribution in [2.24, 2.45) is 0 Å². The lowest BCUT2D eigenvalue weighted by Crippen LogP contribution is -2.23. The maximum atomic E-state index is 13.0. The van der Waals surface area contributed by atoms with Gasteiger partial charge < -0.3 is 9.84 Å². The quantitative estimate of drug-likeness (QED) is 0.783. The predicted molar refractivity (Wildman–Crippen MR) is 93.4 cm³/mol. The zero-order chi connectivity index (χ0) is 17.6. The molecule has 1 amide bonds. The van der Waals surface area contributed by atoms with E-state index in [1.165, 1.54) is 37.0 Å². The molecule has 2 rings (SSSR count). The number of benzene rings is 2. The Hall–Kier alpha value is -2.23. The smallest absolute Gasteiger partial charge is 0.255 e. The van der Waals surface area contributed by atoms with Crippen LogP contribution in [-0.2, 0) is 9.09 Å². The highest BCUT2D eigenvalue weighted by atomic mass is 31.2. The van der Waals surface area contributed by atoms with E-state index in [-0.39, 0.29) is 23.8 Å². The number of carbonyl (C=O) groups is 1. The molecule has 1 unspecified atom stereocenters. The van der Waals surface area contributed by atoms with Gasteiger partial charge in [-0.2, -0.15) is 0 Å². The summed E-state index contributed by atoms with van der Waals surface area (Å²) in [6.07, 6.45) is 1.54. The maximum absolute atomic E-state index is 13.0. The molecule has 2 aromatic carbocycles. The first-order valence-electron chi connectivity index (χ1n) is 7.48. The van der Waals surface area contributed by atoms with E-state index in [0.29, 0.717) is 11.1 Å². The second kappa shape index (κ2) is 8.04. The van der Waals surface area contributed by atoms with Crippen LogP contribution in [0.3, 0.4) is 0 Å². The molecular weight excluding hydrogens is 328 g/mol. The van der Waals surface area contributed by atoms with E-state index < -0.39 is 7.37 Å². The first kappa shape index (κ1) is 18.1. The number of hydrogen-bond acceptors (Lipinski definition) is 3. The summed E-state index contributed by atoms with van der Waals surface area (Å²) in [5.74, 6) is -0.753. The molecule has 6 heteroatoms. The molecule has 24 heavy (non-hydrogen) atoms. The van der Waals surface area contributed by atoms with Crippen molar-refractivity contribution in [3.63, 3.8) is 0 Å². The van der Waals surface area contributed by atoms with Crippen molar-refractivity contribution in [3.8, 4) is 0 Å². The van der Waals surface area contributed by atoms with Crippen LogP contribution in [0.15, 0.2) is 60.0 Å². The van der Waals surface area contributed by atoms with Crippen LogP contribution < -0.4 is 5.32 Å². The number of amides is 1. The highest BCUT2D eigenvalue weighted by molar-refractivity contribution is 7.62. The Bertz CT molecular complexity index is 773. The summed E-state index contributed by atoms with van der Waals surface area (Å²) in [5.41, 5.74) is 1.23. The van der Waals surface area contributed by atoms with Crippen LogP contribution in [-0.4, -0.2) is 19.2 Å². The minimum absolute atomic E-state index is 0.171. The molecule has 0 aliphatic heterocycles. The fourth-order valence-corrected chi connectivity index (χ4v) is 3.39. The molecule has 126 valence electrons. The van der Waals surface area contributed by atoms with Crippen molar-refractivity contribution >= 4 is 19.4 Å². The van der Waals surface area contributed by atoms with Gasteiger partial charge in [0.1, 0.15) is 11.3 Å². The molecule has 0 spiro atoms. The minimum Gasteiger partial charge on any atom is -0.325 e. The molecular formula is C18H19FNO3P. The highest BCUT2D eigenvalue weighted by Gasteiger charge is 2.24. The Balaban J connectivity index is 2.34. The summed E-state index contributed by atoms with van der Waals surface area (Å²) < 4.78 is 31.1. The normalized spacial score (nSPS) is 14.0. The van der Waals surface area contributed by atoms with E-state index in [0.717, 1.165) is 0 Å². The van der Waals surface area contributed by atoms with Crippen molar-refractivity contribution in [2.75, 3.05) is 13.3 Å². The average Bonchev–Trinajstić information content (AvgIpc) is 2.57. The van der Waals surface area contributed by atoms with Gasteiger partial charge in [-0.15, -0.1) is 0 Å². The molecule has 0 aliphatic rings. The third-order valence-electron chi connectivity index (χ3n) is 3.26. The monoisotopic (exact) mass is 347 g/mol. The van der Waals surface area contributed by atoms with E-state index in [4.69, 9.17) is 4.52 Å². The molecule has 0 fully saturated rings. The van der Waals surface area contributed by atoms with Crippen molar-refractivity contribution in [1.82, 2.24) is 5.32 Å². The number of nitrogens with one attached hydrogen (secondary N) is 1. The predicted octanol–water partition coefficient (Wildman–Crippen LogP) is 4.50. The summed E-state index contributed by atoms with van der Waals surface area (Å²) >= 11 is 0. The van der Waals surface area contributed by atoms with Gasteiger partial charge in [-0.1, -0.05) is 30.3 Å². The van der Waals surface area contributed by atoms with E-state index in [1.807, 2.05) is 0 Å². The van der Waals surface area contributed by atoms with E-state index in [1.54, 1.807) is 37.3 Å². The van der Waals surface area contributed by atoms with Crippen LogP contribution in [0.1, 0.15) is 22.8 Å². The molecule has 0 aromatic heterocycles. The summed E-state index contributed by atoms with van der Waals surface area (Å²) in [6.45, 7) is 3.41. The first-order chi connectivity index (χ1) is 11.4. The number of rotatable bonds is 6. The number of hydrogen-bond donors (Lipinski definition) is 1. The molecule has 0 radical (unpaired) electrons. The minimum atomic E-state index is -3.22. The van der Waals surface area contributed by atoms with Gasteiger partial charge in [-0.25, -0.2) is 4.39 Å². The third-order valence-corrected chi connectivity index (χ3v) is 5.13. The summed E-state index contributed by atoms with van der Waals surface area (Å²) in [4.78, 5) is 12.4. The number of halogens is 1. The van der Waals surface area contributed by atoms with Gasteiger partial charge in [0.2, 0.25) is 7.37 Å². The maximum Gasteiger partial charge on any atom is 0.255 e. The fraction of sp³-hybridized carbons (Fsp3) is 0.167. The van der Waals surface area contributed by atoms with Crippen LogP contribution in [0.2, 0.25) is 0 Å². The molecule has 0 saturated heterocycles. The second-order valence-electron chi connectivity index (χ2n) is 5.16. The van der Waals surface area contributed by atoms with Crippen molar-refractivity contribution in [3.05, 3.63) is 77.0 Å². The Morgan fingerprint density at radius 2 is 1.79 bits per heavy atom. The molecule has 0 bridgehead atoms. The molecule has 0 heterocycles. The lowest BCUT2D eigenvalue weighted by Gasteiger charge is -2.18. The summed E-state index contributed by atoms with van der Waals surface area (Å²) in [6, 6.07) is 14.3. The van der Waals surface area contributed by atoms with Gasteiger partial charge in [-0.3, -0.25) is 9.36 Å². The zero-order valence-electron chi connectivity index (χ0n) is 13.5. The van der Waals surface area contributed by atoms with Crippen LogP contribution >= 0.6 is 7.37 Å². The van der Waals surface area contributed by atoms with Gasteiger partial charge in [0.15, 0.2) is 0 Å². The fourth-order valence-electron chi connectivity index (χ4n) is 2.07. The van der Waals surface area contributed by atoms with Crippen LogP contribution in [0.5, 0.6) is 0 Å². The summed E-state index contributed by atoms with van der Waals surface area (Å²) in [7, 11) is -3.22. The molecule has 1 N–H and O–H groups in total. The Morgan fingerprint density at radius 3 is 2.38 bits per heavy atom. The SMILES string of the molecule is CCOP(C)(=O)/C(=C/c1ccc(F)cc1)NC(=O)c1ccccc1. The molecule has 4 nitrogen and oxygen atoms in total. The largest absolute Gasteiger partial charge is 0.325 e. The Morgan fingerprint density at radius 1 is 1.17 bits per heavy atom. The standard InChI is InChI=1S/C18H19FNO3P/c1-3-23-24(2,22)17(13-14-9-11-16(19)12-10-14)20-18(21)15-7-5-4-6-8-15/h4-13H,3H2,1-2H3,(H,20,21)/b17-13+. The topological polar surface area (TPSA) is 55.4 Å². The van der Waals surface area contributed by atoms with Crippen molar-refractivity contribution in [1.29, 1.82) is 0 Å². The molecule has 2 aromatic rings. The third kappa shape index (κ3) is 4.88. The number of carbonyl (C=O) groups excluding carboxylic acids is 1.